The highest BCUT2D eigenvalue weighted by atomic mass is 32.2. The fraction of sp³-hybridized carbons (Fsp3) is 0.650. The van der Waals surface area contributed by atoms with Gasteiger partial charge in [-0.1, -0.05) is 43.2 Å². The number of carbonyl (C=O) groups excluding carboxylic acids is 1. The molecule has 1 fully saturated rings. The molecule has 1 aliphatic carbocycles. The van der Waals surface area contributed by atoms with E-state index in [0.29, 0.717) is 17.4 Å². The van der Waals surface area contributed by atoms with E-state index in [-0.39, 0.29) is 11.7 Å². The summed E-state index contributed by atoms with van der Waals surface area (Å²) in [5, 5.41) is 12.7. The molecule has 0 bridgehead atoms. The van der Waals surface area contributed by atoms with Crippen LogP contribution in [0.4, 0.5) is 5.82 Å². The van der Waals surface area contributed by atoms with Crippen molar-refractivity contribution in [3.05, 3.63) is 16.8 Å². The van der Waals surface area contributed by atoms with Crippen LogP contribution in [0.25, 0.3) is 0 Å². The van der Waals surface area contributed by atoms with Gasteiger partial charge in [0.25, 0.3) is 0 Å². The smallest absolute Gasteiger partial charge is 0.235 e. The number of amides is 1. The SMILES string of the molecule is CCN(CC)C(=S)SCC(=O)Nc1c(C#N)c(C)c(C)n1C1CCCCC1. The van der Waals surface area contributed by atoms with Crippen molar-refractivity contribution >= 4 is 40.0 Å². The van der Waals surface area contributed by atoms with Gasteiger partial charge in [0.15, 0.2) is 0 Å². The lowest BCUT2D eigenvalue weighted by atomic mass is 9.95. The standard InChI is InChI=1S/C20H30N4OS2/c1-5-23(6-2)20(26)27-13-18(25)22-19-17(12-21)14(3)15(4)24(19)16-10-8-7-9-11-16/h16H,5-11,13H2,1-4H3,(H,22,25). The molecule has 1 aromatic rings. The number of nitrogens with zero attached hydrogens (tertiary/aromatic N) is 3. The average Bonchev–Trinajstić information content (AvgIpc) is 2.91. The number of thiocarbonyl (C=S) groups is 1. The maximum absolute atomic E-state index is 12.6. The van der Waals surface area contributed by atoms with Crippen LogP contribution in [0.2, 0.25) is 0 Å². The van der Waals surface area contributed by atoms with Crippen LogP contribution in [0.15, 0.2) is 0 Å². The summed E-state index contributed by atoms with van der Waals surface area (Å²) in [5.74, 6) is 0.813. The van der Waals surface area contributed by atoms with E-state index >= 15 is 0 Å². The Bertz CT molecular complexity index is 725. The molecule has 1 heterocycles. The van der Waals surface area contributed by atoms with E-state index in [1.165, 1.54) is 31.0 Å². The first-order valence-electron chi connectivity index (χ1n) is 9.77. The second kappa shape index (κ2) is 10.1. The number of carbonyl (C=O) groups is 1. The van der Waals surface area contributed by atoms with Gasteiger partial charge in [0.05, 0.1) is 11.3 Å². The van der Waals surface area contributed by atoms with Crippen molar-refractivity contribution in [2.45, 2.75) is 65.8 Å². The summed E-state index contributed by atoms with van der Waals surface area (Å²) >= 11 is 6.79. The molecule has 1 saturated carbocycles. The van der Waals surface area contributed by atoms with Crippen LogP contribution in [0.3, 0.4) is 0 Å². The quantitative estimate of drug-likeness (QED) is 0.689. The molecule has 0 atom stereocenters. The number of nitrogens with one attached hydrogen (secondary N) is 1. The minimum absolute atomic E-state index is 0.111. The lowest BCUT2D eigenvalue weighted by Crippen LogP contribution is -2.28. The highest BCUT2D eigenvalue weighted by molar-refractivity contribution is 8.23. The van der Waals surface area contributed by atoms with Crippen molar-refractivity contribution in [1.29, 1.82) is 5.26 Å². The molecule has 27 heavy (non-hydrogen) atoms. The number of rotatable bonds is 6. The summed E-state index contributed by atoms with van der Waals surface area (Å²) < 4.78 is 2.93. The Morgan fingerprint density at radius 2 is 1.93 bits per heavy atom. The van der Waals surface area contributed by atoms with Gasteiger partial charge in [-0.25, -0.2) is 0 Å². The van der Waals surface area contributed by atoms with Crippen molar-refractivity contribution in [2.24, 2.45) is 0 Å². The molecule has 0 aliphatic heterocycles. The molecule has 0 unspecified atom stereocenters. The lowest BCUT2D eigenvalue weighted by Gasteiger charge is -2.27. The molecule has 1 N–H and O–H groups in total. The van der Waals surface area contributed by atoms with Crippen molar-refractivity contribution in [1.82, 2.24) is 9.47 Å². The van der Waals surface area contributed by atoms with Crippen LogP contribution >= 0.6 is 24.0 Å². The minimum Gasteiger partial charge on any atom is -0.358 e. The predicted octanol–water partition coefficient (Wildman–Crippen LogP) is 4.78. The van der Waals surface area contributed by atoms with E-state index in [1.54, 1.807) is 0 Å². The molecule has 7 heteroatoms. The van der Waals surface area contributed by atoms with Crippen LogP contribution in [-0.4, -0.2) is 38.5 Å². The molecule has 1 aromatic heterocycles. The first-order chi connectivity index (χ1) is 12.9. The minimum atomic E-state index is -0.111. The van der Waals surface area contributed by atoms with Crippen molar-refractivity contribution in [3.63, 3.8) is 0 Å². The normalized spacial score (nSPS) is 14.6. The number of anilines is 1. The van der Waals surface area contributed by atoms with E-state index in [2.05, 4.69) is 34.7 Å². The van der Waals surface area contributed by atoms with Gasteiger partial charge in [-0.15, -0.1) is 0 Å². The molecule has 1 amide bonds. The molecule has 0 spiro atoms. The second-order valence-electron chi connectivity index (χ2n) is 6.98. The summed E-state index contributed by atoms with van der Waals surface area (Å²) in [6.45, 7) is 9.80. The molecule has 0 radical (unpaired) electrons. The van der Waals surface area contributed by atoms with Crippen molar-refractivity contribution in [2.75, 3.05) is 24.2 Å². The zero-order valence-electron chi connectivity index (χ0n) is 16.8. The highest BCUT2D eigenvalue weighted by Crippen LogP contribution is 2.36. The molecule has 2 rings (SSSR count). The maximum Gasteiger partial charge on any atom is 0.235 e. The molecule has 148 valence electrons. The van der Waals surface area contributed by atoms with Crippen LogP contribution in [-0.2, 0) is 4.79 Å². The maximum atomic E-state index is 12.6. The molecule has 5 nitrogen and oxygen atoms in total. The zero-order valence-corrected chi connectivity index (χ0v) is 18.4. The van der Waals surface area contributed by atoms with Crippen LogP contribution in [0.5, 0.6) is 0 Å². The summed E-state index contributed by atoms with van der Waals surface area (Å²) in [7, 11) is 0. The van der Waals surface area contributed by atoms with Gasteiger partial charge in [0.1, 0.15) is 16.2 Å². The molecule has 0 saturated heterocycles. The third kappa shape index (κ3) is 5.05. The van der Waals surface area contributed by atoms with Gasteiger partial charge >= 0.3 is 0 Å². The van der Waals surface area contributed by atoms with Crippen LogP contribution in [0, 0.1) is 25.2 Å². The summed E-state index contributed by atoms with van der Waals surface area (Å²) in [6.07, 6.45) is 5.87. The highest BCUT2D eigenvalue weighted by Gasteiger charge is 2.26. The van der Waals surface area contributed by atoms with E-state index < -0.39 is 0 Å². The first kappa shape index (κ1) is 21.8. The predicted molar refractivity (Wildman–Crippen MR) is 117 cm³/mol. The number of nitriles is 1. The van der Waals surface area contributed by atoms with Gasteiger partial charge < -0.3 is 14.8 Å². The van der Waals surface area contributed by atoms with Gasteiger partial charge in [0.2, 0.25) is 5.91 Å². The molecular formula is C20H30N4OS2. The molecule has 1 aliphatic rings. The molecular weight excluding hydrogens is 376 g/mol. The van der Waals surface area contributed by atoms with Gasteiger partial charge in [-0.05, 0) is 46.1 Å². The van der Waals surface area contributed by atoms with Crippen molar-refractivity contribution < 1.29 is 4.79 Å². The van der Waals surface area contributed by atoms with Gasteiger partial charge in [0, 0.05) is 24.8 Å². The Labute approximate surface area is 172 Å². The Kier molecular flexibility index (Phi) is 8.18. The van der Waals surface area contributed by atoms with Gasteiger partial charge in [-0.2, -0.15) is 5.26 Å². The average molecular weight is 407 g/mol. The Hall–Kier alpha value is -1.52. The van der Waals surface area contributed by atoms with E-state index in [4.69, 9.17) is 12.2 Å². The lowest BCUT2D eigenvalue weighted by molar-refractivity contribution is -0.113. The van der Waals surface area contributed by atoms with E-state index in [0.717, 1.165) is 41.5 Å². The van der Waals surface area contributed by atoms with Crippen molar-refractivity contribution in [3.8, 4) is 6.07 Å². The monoisotopic (exact) mass is 406 g/mol. The number of aromatic nitrogens is 1. The van der Waals surface area contributed by atoms with E-state index in [1.807, 2.05) is 13.8 Å². The number of hydrogen-bond acceptors (Lipinski definition) is 4. The zero-order chi connectivity index (χ0) is 20.0. The second-order valence-corrected chi connectivity index (χ2v) is 8.59. The summed E-state index contributed by atoms with van der Waals surface area (Å²) in [4.78, 5) is 14.7. The third-order valence-corrected chi connectivity index (χ3v) is 6.94. The molecule has 0 aromatic carbocycles. The Morgan fingerprint density at radius 1 is 1.30 bits per heavy atom. The van der Waals surface area contributed by atoms with Crippen LogP contribution in [0.1, 0.15) is 68.8 Å². The summed E-state index contributed by atoms with van der Waals surface area (Å²) in [6, 6.07) is 2.65. The first-order valence-corrected chi connectivity index (χ1v) is 11.2. The Balaban J connectivity index is 2.17. The fourth-order valence-electron chi connectivity index (χ4n) is 3.75. The van der Waals surface area contributed by atoms with Gasteiger partial charge in [-0.3, -0.25) is 4.79 Å². The largest absolute Gasteiger partial charge is 0.358 e. The topological polar surface area (TPSA) is 61.1 Å². The summed E-state index contributed by atoms with van der Waals surface area (Å²) in [5.41, 5.74) is 2.63. The van der Waals surface area contributed by atoms with E-state index in [9.17, 15) is 10.1 Å². The number of thioether (sulfide) groups is 1. The van der Waals surface area contributed by atoms with Crippen LogP contribution < -0.4 is 5.32 Å². The third-order valence-electron chi connectivity index (χ3n) is 5.41. The fourth-order valence-corrected chi connectivity index (χ4v) is 4.95. The Morgan fingerprint density at radius 3 is 2.48 bits per heavy atom. The number of hydrogen-bond donors (Lipinski definition) is 1.